The molecule has 0 N–H and O–H groups in total. The molecule has 2 aromatic heterocycles. The molecule has 0 spiro atoms. The van der Waals surface area contributed by atoms with Gasteiger partial charge >= 0.3 is 12.0 Å². The zero-order chi connectivity index (χ0) is 14.5. The van der Waals surface area contributed by atoms with Gasteiger partial charge in [0.25, 0.3) is 0 Å². The Labute approximate surface area is 115 Å². The average molecular weight is 278 g/mol. The van der Waals surface area contributed by atoms with E-state index in [0.717, 1.165) is 0 Å². The Morgan fingerprint density at radius 3 is 1.35 bits per heavy atom. The summed E-state index contributed by atoms with van der Waals surface area (Å²) in [5.74, 6) is 0.674. The first kappa shape index (κ1) is 13.8. The normalized spacial score (nSPS) is 10.0. The minimum absolute atomic E-state index is 0.207. The molecule has 0 saturated carbocycles. The molecule has 0 radical (unpaired) electrons. The van der Waals surface area contributed by atoms with Gasteiger partial charge in [0.05, 0.1) is 39.6 Å². The van der Waals surface area contributed by atoms with Crippen LogP contribution in [0.4, 0.5) is 0 Å². The van der Waals surface area contributed by atoms with Crippen LogP contribution in [0.1, 0.15) is 0 Å². The molecule has 20 heavy (non-hydrogen) atoms. The molecule has 0 amide bonds. The Morgan fingerprint density at radius 1 is 0.650 bits per heavy atom. The minimum atomic E-state index is 0.207. The second kappa shape index (κ2) is 6.00. The van der Waals surface area contributed by atoms with E-state index < -0.39 is 0 Å². The van der Waals surface area contributed by atoms with Gasteiger partial charge in [0, 0.05) is 12.4 Å². The highest BCUT2D eigenvalue weighted by atomic mass is 16.5. The summed E-state index contributed by atoms with van der Waals surface area (Å²) in [5, 5.41) is 0. The van der Waals surface area contributed by atoms with E-state index in [2.05, 4.69) is 19.9 Å². The topological polar surface area (TPSA) is 88.5 Å². The number of methoxy groups -OCH3 is 4. The van der Waals surface area contributed by atoms with Gasteiger partial charge in [-0.2, -0.15) is 9.97 Å². The van der Waals surface area contributed by atoms with E-state index >= 15 is 0 Å². The maximum Gasteiger partial charge on any atom is 0.319 e. The minimum Gasteiger partial charge on any atom is -0.480 e. The number of aromatic nitrogens is 4. The van der Waals surface area contributed by atoms with E-state index in [1.54, 1.807) is 12.4 Å². The summed E-state index contributed by atoms with van der Waals surface area (Å²) in [5.41, 5.74) is 1.18. The third kappa shape index (κ3) is 2.53. The number of hydrogen-bond donors (Lipinski definition) is 0. The lowest BCUT2D eigenvalue weighted by molar-refractivity contribution is 0.348. The van der Waals surface area contributed by atoms with Crippen LogP contribution in [0, 0.1) is 0 Å². The lowest BCUT2D eigenvalue weighted by Gasteiger charge is -2.11. The maximum absolute atomic E-state index is 5.22. The molecule has 0 fully saturated rings. The summed E-state index contributed by atoms with van der Waals surface area (Å²) in [6, 6.07) is 0.415. The van der Waals surface area contributed by atoms with Crippen molar-refractivity contribution in [2.24, 2.45) is 0 Å². The molecule has 8 heteroatoms. The van der Waals surface area contributed by atoms with Crippen LogP contribution in [0.25, 0.3) is 11.1 Å². The van der Waals surface area contributed by atoms with Gasteiger partial charge in [-0.1, -0.05) is 0 Å². The summed E-state index contributed by atoms with van der Waals surface area (Å²) in [4.78, 5) is 16.3. The standard InChI is InChI=1S/C12H14N4O4/c1-17-9-7(5-13-11(15-9)19-3)8-6-14-12(20-4)16-10(8)18-2/h5-6H,1-4H3. The maximum atomic E-state index is 5.22. The number of rotatable bonds is 5. The van der Waals surface area contributed by atoms with E-state index in [1.807, 2.05) is 0 Å². The van der Waals surface area contributed by atoms with Crippen LogP contribution in [0.15, 0.2) is 12.4 Å². The van der Waals surface area contributed by atoms with Crippen molar-refractivity contribution in [3.8, 4) is 34.9 Å². The monoisotopic (exact) mass is 278 g/mol. The molecule has 0 aliphatic heterocycles. The number of ether oxygens (including phenoxy) is 4. The third-order valence-electron chi connectivity index (χ3n) is 2.51. The van der Waals surface area contributed by atoms with Crippen molar-refractivity contribution in [3.63, 3.8) is 0 Å². The van der Waals surface area contributed by atoms with Crippen molar-refractivity contribution < 1.29 is 18.9 Å². The zero-order valence-corrected chi connectivity index (χ0v) is 11.6. The lowest BCUT2D eigenvalue weighted by atomic mass is 10.1. The van der Waals surface area contributed by atoms with Gasteiger partial charge in [-0.15, -0.1) is 0 Å². The van der Waals surface area contributed by atoms with Crippen molar-refractivity contribution in [3.05, 3.63) is 12.4 Å². The molecule has 0 saturated heterocycles. The van der Waals surface area contributed by atoms with E-state index in [4.69, 9.17) is 18.9 Å². The fraction of sp³-hybridized carbons (Fsp3) is 0.333. The van der Waals surface area contributed by atoms with E-state index in [1.165, 1.54) is 28.4 Å². The van der Waals surface area contributed by atoms with E-state index in [9.17, 15) is 0 Å². The van der Waals surface area contributed by atoms with Gasteiger partial charge in [-0.05, 0) is 0 Å². The highest BCUT2D eigenvalue weighted by Crippen LogP contribution is 2.34. The quantitative estimate of drug-likeness (QED) is 0.799. The van der Waals surface area contributed by atoms with Gasteiger partial charge < -0.3 is 18.9 Å². The molecule has 8 nitrogen and oxygen atoms in total. The first-order valence-corrected chi connectivity index (χ1v) is 5.63. The highest BCUT2D eigenvalue weighted by Gasteiger charge is 2.17. The van der Waals surface area contributed by atoms with Gasteiger partial charge in [-0.3, -0.25) is 0 Å². The fourth-order valence-corrected chi connectivity index (χ4v) is 1.58. The van der Waals surface area contributed by atoms with E-state index in [-0.39, 0.29) is 12.0 Å². The van der Waals surface area contributed by atoms with Crippen molar-refractivity contribution >= 4 is 0 Å². The molecule has 2 heterocycles. The fourth-order valence-electron chi connectivity index (χ4n) is 1.58. The SMILES string of the molecule is COc1ncc(-c2cnc(OC)nc2OC)c(OC)n1. The van der Waals surface area contributed by atoms with Gasteiger partial charge in [0.1, 0.15) is 0 Å². The van der Waals surface area contributed by atoms with Gasteiger partial charge in [0.2, 0.25) is 11.8 Å². The molecule has 106 valence electrons. The van der Waals surface area contributed by atoms with Crippen LogP contribution in [-0.4, -0.2) is 48.4 Å². The molecular formula is C12H14N4O4. The molecule has 0 aliphatic rings. The summed E-state index contributed by atoms with van der Waals surface area (Å²) < 4.78 is 20.4. The Kier molecular flexibility index (Phi) is 4.14. The van der Waals surface area contributed by atoms with E-state index in [0.29, 0.717) is 22.9 Å². The Balaban J connectivity index is 2.55. The molecule has 0 unspecified atom stereocenters. The predicted octanol–water partition coefficient (Wildman–Crippen LogP) is 0.968. The second-order valence-corrected chi connectivity index (χ2v) is 3.56. The summed E-state index contributed by atoms with van der Waals surface area (Å²) in [7, 11) is 5.96. The molecular weight excluding hydrogens is 264 g/mol. The van der Waals surface area contributed by atoms with Crippen molar-refractivity contribution in [2.45, 2.75) is 0 Å². The molecule has 2 aromatic rings. The van der Waals surface area contributed by atoms with Crippen LogP contribution in [0.2, 0.25) is 0 Å². The Hall–Kier alpha value is -2.64. The van der Waals surface area contributed by atoms with Crippen LogP contribution < -0.4 is 18.9 Å². The van der Waals surface area contributed by atoms with Crippen LogP contribution in [0.5, 0.6) is 23.8 Å². The number of nitrogens with zero attached hydrogens (tertiary/aromatic N) is 4. The number of hydrogen-bond acceptors (Lipinski definition) is 8. The summed E-state index contributed by atoms with van der Waals surface area (Å²) in [6.07, 6.45) is 3.11. The Morgan fingerprint density at radius 2 is 1.05 bits per heavy atom. The van der Waals surface area contributed by atoms with Crippen LogP contribution >= 0.6 is 0 Å². The molecule has 0 bridgehead atoms. The lowest BCUT2D eigenvalue weighted by Crippen LogP contribution is -2.01. The summed E-state index contributed by atoms with van der Waals surface area (Å²) in [6.45, 7) is 0. The van der Waals surface area contributed by atoms with Crippen molar-refractivity contribution in [1.29, 1.82) is 0 Å². The molecule has 2 rings (SSSR count). The summed E-state index contributed by atoms with van der Waals surface area (Å²) >= 11 is 0. The van der Waals surface area contributed by atoms with Crippen molar-refractivity contribution in [2.75, 3.05) is 28.4 Å². The molecule has 0 atom stereocenters. The molecule has 0 aromatic carbocycles. The van der Waals surface area contributed by atoms with Crippen LogP contribution in [-0.2, 0) is 0 Å². The smallest absolute Gasteiger partial charge is 0.319 e. The average Bonchev–Trinajstić information content (AvgIpc) is 2.53. The molecule has 0 aliphatic carbocycles. The first-order valence-electron chi connectivity index (χ1n) is 5.63. The first-order chi connectivity index (χ1) is 9.73. The zero-order valence-electron chi connectivity index (χ0n) is 11.6. The van der Waals surface area contributed by atoms with Crippen LogP contribution in [0.3, 0.4) is 0 Å². The Bertz CT molecular complexity index is 553. The second-order valence-electron chi connectivity index (χ2n) is 3.56. The third-order valence-corrected chi connectivity index (χ3v) is 2.51. The highest BCUT2D eigenvalue weighted by molar-refractivity contribution is 5.71. The predicted molar refractivity (Wildman–Crippen MR) is 69.3 cm³/mol. The van der Waals surface area contributed by atoms with Gasteiger partial charge in [-0.25, -0.2) is 9.97 Å². The van der Waals surface area contributed by atoms with Crippen molar-refractivity contribution in [1.82, 2.24) is 19.9 Å². The largest absolute Gasteiger partial charge is 0.480 e. The van der Waals surface area contributed by atoms with Gasteiger partial charge in [0.15, 0.2) is 0 Å².